The summed E-state index contributed by atoms with van der Waals surface area (Å²) in [4.78, 5) is 3.44. The molecular weight excluding hydrogens is 308 g/mol. The van der Waals surface area contributed by atoms with Crippen LogP contribution in [-0.4, -0.2) is 18.9 Å². The van der Waals surface area contributed by atoms with E-state index >= 15 is 0 Å². The maximum absolute atomic E-state index is 12.7. The molecule has 0 spiro atoms. The van der Waals surface area contributed by atoms with Gasteiger partial charge in [0.2, 0.25) is 10.0 Å². The number of sulfonamides is 1. The fourth-order valence-electron chi connectivity index (χ4n) is 2.62. The minimum atomic E-state index is -3.59. The van der Waals surface area contributed by atoms with Crippen LogP contribution in [0.3, 0.4) is 0 Å². The molecule has 0 saturated carbocycles. The summed E-state index contributed by atoms with van der Waals surface area (Å²) in [6, 6.07) is 15.0. The predicted octanol–water partition coefficient (Wildman–Crippen LogP) is 3.91. The van der Waals surface area contributed by atoms with Gasteiger partial charge in [0.05, 0.1) is 4.90 Å². The summed E-state index contributed by atoms with van der Waals surface area (Å²) in [7, 11) is -3.59. The van der Waals surface area contributed by atoms with Crippen molar-refractivity contribution >= 4 is 20.9 Å². The van der Waals surface area contributed by atoms with Gasteiger partial charge in [-0.1, -0.05) is 24.3 Å². The minimum Gasteiger partial charge on any atom is -0.361 e. The zero-order valence-electron chi connectivity index (χ0n) is 13.4. The van der Waals surface area contributed by atoms with E-state index in [1.807, 2.05) is 63.4 Å². The molecule has 3 rings (SSSR count). The first-order valence-electron chi connectivity index (χ1n) is 7.47. The van der Waals surface area contributed by atoms with Gasteiger partial charge in [0.25, 0.3) is 0 Å². The molecule has 0 bridgehead atoms. The molecule has 0 radical (unpaired) electrons. The third kappa shape index (κ3) is 3.30. The minimum absolute atomic E-state index is 0.296. The Morgan fingerprint density at radius 1 is 1.00 bits per heavy atom. The maximum Gasteiger partial charge on any atom is 0.241 e. The summed E-state index contributed by atoms with van der Waals surface area (Å²) in [6.07, 6.45) is 1.87. The number of rotatable bonds is 3. The molecule has 1 aromatic heterocycles. The molecule has 0 atom stereocenters. The summed E-state index contributed by atoms with van der Waals surface area (Å²) in [5.74, 6) is 0. The number of hydrogen-bond donors (Lipinski definition) is 2. The first-order chi connectivity index (χ1) is 10.8. The van der Waals surface area contributed by atoms with Gasteiger partial charge in [-0.15, -0.1) is 0 Å². The molecule has 3 aromatic rings. The fourth-order valence-corrected chi connectivity index (χ4v) is 4.27. The lowest BCUT2D eigenvalue weighted by atomic mass is 10.0. The van der Waals surface area contributed by atoms with E-state index in [0.717, 1.165) is 16.5 Å². The monoisotopic (exact) mass is 328 g/mol. The van der Waals surface area contributed by atoms with Crippen LogP contribution in [0.4, 0.5) is 0 Å². The van der Waals surface area contributed by atoms with Crippen LogP contribution < -0.4 is 4.72 Å². The molecule has 5 heteroatoms. The van der Waals surface area contributed by atoms with Crippen LogP contribution in [-0.2, 0) is 10.0 Å². The Labute approximate surface area is 136 Å². The van der Waals surface area contributed by atoms with Crippen LogP contribution in [0, 0.1) is 0 Å². The third-order valence-corrected chi connectivity index (χ3v) is 5.30. The SMILES string of the molecule is CC(C)(C)NS(=O)(=O)c1ccccc1-c1ccc2[nH]ccc2c1. The molecule has 2 aromatic carbocycles. The summed E-state index contributed by atoms with van der Waals surface area (Å²) in [5, 5.41) is 1.05. The third-order valence-electron chi connectivity index (χ3n) is 3.48. The van der Waals surface area contributed by atoms with Gasteiger partial charge in [0, 0.05) is 22.8 Å². The van der Waals surface area contributed by atoms with E-state index in [-0.39, 0.29) is 0 Å². The highest BCUT2D eigenvalue weighted by Crippen LogP contribution is 2.30. The second-order valence-corrected chi connectivity index (χ2v) is 8.28. The first kappa shape index (κ1) is 15.8. The summed E-state index contributed by atoms with van der Waals surface area (Å²) in [6.45, 7) is 5.50. The molecule has 0 fully saturated rings. The smallest absolute Gasteiger partial charge is 0.241 e. The second kappa shape index (κ2) is 5.51. The molecule has 0 aliphatic heterocycles. The molecule has 0 aliphatic rings. The number of H-pyrrole nitrogens is 1. The van der Waals surface area contributed by atoms with Gasteiger partial charge < -0.3 is 4.98 Å². The number of aromatic nitrogens is 1. The van der Waals surface area contributed by atoms with Crippen LogP contribution in [0.25, 0.3) is 22.0 Å². The Morgan fingerprint density at radius 2 is 1.74 bits per heavy atom. The van der Waals surface area contributed by atoms with Gasteiger partial charge in [-0.3, -0.25) is 0 Å². The van der Waals surface area contributed by atoms with Crippen molar-refractivity contribution in [3.05, 3.63) is 54.7 Å². The number of aromatic amines is 1. The van der Waals surface area contributed by atoms with Gasteiger partial charge in [-0.05, 0) is 56.0 Å². The Morgan fingerprint density at radius 3 is 2.48 bits per heavy atom. The van der Waals surface area contributed by atoms with Crippen LogP contribution >= 0.6 is 0 Å². The Hall–Kier alpha value is -2.11. The van der Waals surface area contributed by atoms with Crippen molar-refractivity contribution in [3.63, 3.8) is 0 Å². The molecule has 120 valence electrons. The van der Waals surface area contributed by atoms with Crippen molar-refractivity contribution in [2.24, 2.45) is 0 Å². The molecule has 0 amide bonds. The van der Waals surface area contributed by atoms with Gasteiger partial charge in [-0.25, -0.2) is 13.1 Å². The zero-order valence-corrected chi connectivity index (χ0v) is 14.2. The van der Waals surface area contributed by atoms with Crippen molar-refractivity contribution < 1.29 is 8.42 Å². The highest BCUT2D eigenvalue weighted by molar-refractivity contribution is 7.89. The molecule has 2 N–H and O–H groups in total. The molecule has 0 saturated heterocycles. The highest BCUT2D eigenvalue weighted by atomic mass is 32.2. The van der Waals surface area contributed by atoms with E-state index in [0.29, 0.717) is 10.5 Å². The van der Waals surface area contributed by atoms with Crippen LogP contribution in [0.1, 0.15) is 20.8 Å². The summed E-state index contributed by atoms with van der Waals surface area (Å²) >= 11 is 0. The van der Waals surface area contributed by atoms with Gasteiger partial charge in [0.15, 0.2) is 0 Å². The molecule has 4 nitrogen and oxygen atoms in total. The average Bonchev–Trinajstić information content (AvgIpc) is 2.92. The molecule has 0 unspecified atom stereocenters. The topological polar surface area (TPSA) is 62.0 Å². The Bertz CT molecular complexity index is 950. The molecule has 1 heterocycles. The predicted molar refractivity (Wildman–Crippen MR) is 93.8 cm³/mol. The van der Waals surface area contributed by atoms with Gasteiger partial charge in [0.1, 0.15) is 0 Å². The van der Waals surface area contributed by atoms with Crippen molar-refractivity contribution in [1.82, 2.24) is 9.71 Å². The number of hydrogen-bond acceptors (Lipinski definition) is 2. The lowest BCUT2D eigenvalue weighted by molar-refractivity contribution is 0.491. The highest BCUT2D eigenvalue weighted by Gasteiger charge is 2.24. The summed E-state index contributed by atoms with van der Waals surface area (Å²) < 4.78 is 28.2. The van der Waals surface area contributed by atoms with Crippen molar-refractivity contribution in [3.8, 4) is 11.1 Å². The van der Waals surface area contributed by atoms with Crippen LogP contribution in [0.5, 0.6) is 0 Å². The van der Waals surface area contributed by atoms with Crippen LogP contribution in [0.15, 0.2) is 59.6 Å². The zero-order chi connectivity index (χ0) is 16.7. The molecule has 0 aliphatic carbocycles. The van der Waals surface area contributed by atoms with Crippen molar-refractivity contribution in [1.29, 1.82) is 0 Å². The number of nitrogens with one attached hydrogen (secondary N) is 2. The van der Waals surface area contributed by atoms with Gasteiger partial charge >= 0.3 is 0 Å². The quantitative estimate of drug-likeness (QED) is 0.765. The Kier molecular flexibility index (Phi) is 3.78. The van der Waals surface area contributed by atoms with Crippen LogP contribution in [0.2, 0.25) is 0 Å². The van der Waals surface area contributed by atoms with Crippen molar-refractivity contribution in [2.75, 3.05) is 0 Å². The average molecular weight is 328 g/mol. The standard InChI is InChI=1S/C18H20N2O2S/c1-18(2,3)20-23(21,22)17-7-5-4-6-15(17)13-8-9-16-14(12-13)10-11-19-16/h4-12,19-20H,1-3H3. The fraction of sp³-hybridized carbons (Fsp3) is 0.222. The second-order valence-electron chi connectivity index (χ2n) is 6.63. The lowest BCUT2D eigenvalue weighted by Crippen LogP contribution is -2.40. The number of fused-ring (bicyclic) bond motifs is 1. The Balaban J connectivity index is 2.14. The first-order valence-corrected chi connectivity index (χ1v) is 8.95. The van der Waals surface area contributed by atoms with Gasteiger partial charge in [-0.2, -0.15) is 0 Å². The number of benzene rings is 2. The van der Waals surface area contributed by atoms with E-state index in [9.17, 15) is 8.42 Å². The van der Waals surface area contributed by atoms with E-state index < -0.39 is 15.6 Å². The molecule has 23 heavy (non-hydrogen) atoms. The van der Waals surface area contributed by atoms with E-state index in [1.165, 1.54) is 0 Å². The van der Waals surface area contributed by atoms with E-state index in [2.05, 4.69) is 9.71 Å². The normalized spacial score (nSPS) is 12.7. The molecular formula is C18H20N2O2S. The lowest BCUT2D eigenvalue weighted by Gasteiger charge is -2.21. The maximum atomic E-state index is 12.7. The van der Waals surface area contributed by atoms with E-state index in [1.54, 1.807) is 12.1 Å². The largest absolute Gasteiger partial charge is 0.361 e. The summed E-state index contributed by atoms with van der Waals surface area (Å²) in [5.41, 5.74) is 2.08. The van der Waals surface area contributed by atoms with Crippen molar-refractivity contribution in [2.45, 2.75) is 31.2 Å². The van der Waals surface area contributed by atoms with E-state index in [4.69, 9.17) is 0 Å².